The van der Waals surface area contributed by atoms with Gasteiger partial charge in [-0.15, -0.1) is 0 Å². The Balaban J connectivity index is 1.75. The summed E-state index contributed by atoms with van der Waals surface area (Å²) in [6, 6.07) is 2.54. The second-order valence-electron chi connectivity index (χ2n) is 5.46. The van der Waals surface area contributed by atoms with Gasteiger partial charge in [-0.25, -0.2) is 22.9 Å². The molecule has 2 rings (SSSR count). The zero-order valence-electron chi connectivity index (χ0n) is 12.5. The molecular formula is C14H19N3O5S. The second kappa shape index (κ2) is 7.51. The van der Waals surface area contributed by atoms with Crippen molar-refractivity contribution < 1.29 is 23.1 Å². The monoisotopic (exact) mass is 341 g/mol. The van der Waals surface area contributed by atoms with Crippen LogP contribution >= 0.6 is 0 Å². The van der Waals surface area contributed by atoms with Crippen LogP contribution in [0.25, 0.3) is 0 Å². The first kappa shape index (κ1) is 17.4. The number of aromatic nitrogens is 1. The van der Waals surface area contributed by atoms with Crippen LogP contribution in [-0.4, -0.2) is 49.2 Å². The number of amides is 1. The molecule has 0 radical (unpaired) electrons. The zero-order valence-corrected chi connectivity index (χ0v) is 13.3. The number of nitrogens with zero attached hydrogens (tertiary/aromatic N) is 1. The number of rotatable bonds is 8. The van der Waals surface area contributed by atoms with Gasteiger partial charge in [0.1, 0.15) is 5.69 Å². The SMILES string of the molecule is O=C(NCCS(=O)(=O)NCC1CCC1)c1ccc(C(=O)O)nc1. The van der Waals surface area contributed by atoms with Crippen LogP contribution in [-0.2, 0) is 10.0 Å². The number of pyridine rings is 1. The molecule has 1 aliphatic rings. The van der Waals surface area contributed by atoms with Crippen molar-refractivity contribution in [1.29, 1.82) is 0 Å². The summed E-state index contributed by atoms with van der Waals surface area (Å²) < 4.78 is 26.1. The summed E-state index contributed by atoms with van der Waals surface area (Å²) in [6.45, 7) is 0.427. The highest BCUT2D eigenvalue weighted by Gasteiger charge is 2.20. The predicted molar refractivity (Wildman–Crippen MR) is 82.7 cm³/mol. The van der Waals surface area contributed by atoms with Gasteiger partial charge in [0.15, 0.2) is 0 Å². The first-order valence-electron chi connectivity index (χ1n) is 7.32. The van der Waals surface area contributed by atoms with E-state index in [1.165, 1.54) is 12.1 Å². The van der Waals surface area contributed by atoms with Crippen molar-refractivity contribution >= 4 is 21.9 Å². The summed E-state index contributed by atoms with van der Waals surface area (Å²) in [4.78, 5) is 26.1. The molecule has 0 atom stereocenters. The van der Waals surface area contributed by atoms with Crippen LogP contribution in [0.5, 0.6) is 0 Å². The minimum Gasteiger partial charge on any atom is -0.477 e. The van der Waals surface area contributed by atoms with Crippen LogP contribution in [0.2, 0.25) is 0 Å². The van der Waals surface area contributed by atoms with Crippen molar-refractivity contribution in [2.75, 3.05) is 18.8 Å². The van der Waals surface area contributed by atoms with Gasteiger partial charge in [-0.3, -0.25) is 4.79 Å². The highest BCUT2D eigenvalue weighted by molar-refractivity contribution is 7.89. The number of hydrogen-bond acceptors (Lipinski definition) is 5. The number of carbonyl (C=O) groups excluding carboxylic acids is 1. The van der Waals surface area contributed by atoms with E-state index in [0.717, 1.165) is 25.5 Å². The second-order valence-corrected chi connectivity index (χ2v) is 7.38. The van der Waals surface area contributed by atoms with E-state index in [9.17, 15) is 18.0 Å². The highest BCUT2D eigenvalue weighted by atomic mass is 32.2. The number of carbonyl (C=O) groups is 2. The zero-order chi connectivity index (χ0) is 16.9. The average Bonchev–Trinajstić information content (AvgIpc) is 2.45. The first-order chi connectivity index (χ1) is 10.9. The van der Waals surface area contributed by atoms with Crippen LogP contribution < -0.4 is 10.0 Å². The molecule has 0 unspecified atom stereocenters. The molecule has 0 spiro atoms. The van der Waals surface area contributed by atoms with Crippen molar-refractivity contribution in [3.8, 4) is 0 Å². The molecule has 23 heavy (non-hydrogen) atoms. The Bertz CT molecular complexity index is 668. The third kappa shape index (κ3) is 5.29. The minimum absolute atomic E-state index is 0.0283. The largest absolute Gasteiger partial charge is 0.477 e. The van der Waals surface area contributed by atoms with Gasteiger partial charge in [0.2, 0.25) is 10.0 Å². The smallest absolute Gasteiger partial charge is 0.354 e. The van der Waals surface area contributed by atoms with Crippen LogP contribution in [0.1, 0.15) is 40.1 Å². The third-order valence-electron chi connectivity index (χ3n) is 3.72. The summed E-state index contributed by atoms with van der Waals surface area (Å²) in [6.07, 6.45) is 4.40. The molecule has 1 saturated carbocycles. The number of carboxylic acid groups (broad SMARTS) is 1. The molecular weight excluding hydrogens is 322 g/mol. The van der Waals surface area contributed by atoms with E-state index in [1.54, 1.807) is 0 Å². The maximum absolute atomic E-state index is 11.8. The normalized spacial score (nSPS) is 15.0. The Labute approximate surface area is 134 Å². The number of aromatic carboxylic acids is 1. The predicted octanol–water partition coefficient (Wildman–Crippen LogP) is 0.229. The molecule has 1 aliphatic carbocycles. The molecule has 1 fully saturated rings. The number of sulfonamides is 1. The summed E-state index contributed by atoms with van der Waals surface area (Å²) in [5.41, 5.74) is 0.0131. The Kier molecular flexibility index (Phi) is 5.67. The lowest BCUT2D eigenvalue weighted by molar-refractivity contribution is 0.0689. The lowest BCUT2D eigenvalue weighted by Crippen LogP contribution is -2.37. The van der Waals surface area contributed by atoms with Crippen LogP contribution in [0.4, 0.5) is 0 Å². The number of carboxylic acids is 1. The lowest BCUT2D eigenvalue weighted by Gasteiger charge is -2.25. The van der Waals surface area contributed by atoms with E-state index < -0.39 is 21.9 Å². The molecule has 0 aromatic carbocycles. The first-order valence-corrected chi connectivity index (χ1v) is 8.97. The Morgan fingerprint density at radius 3 is 2.57 bits per heavy atom. The maximum atomic E-state index is 11.8. The van der Waals surface area contributed by atoms with Gasteiger partial charge in [0.05, 0.1) is 11.3 Å². The van der Waals surface area contributed by atoms with Crippen molar-refractivity contribution in [3.05, 3.63) is 29.6 Å². The number of nitrogens with one attached hydrogen (secondary N) is 2. The van der Waals surface area contributed by atoms with Crippen molar-refractivity contribution in [2.24, 2.45) is 5.92 Å². The van der Waals surface area contributed by atoms with Crippen LogP contribution in [0.3, 0.4) is 0 Å². The third-order valence-corrected chi connectivity index (χ3v) is 5.07. The van der Waals surface area contributed by atoms with Crippen molar-refractivity contribution in [3.63, 3.8) is 0 Å². The molecule has 0 bridgehead atoms. The Morgan fingerprint density at radius 2 is 2.04 bits per heavy atom. The molecule has 1 amide bonds. The molecule has 8 nitrogen and oxygen atoms in total. The minimum atomic E-state index is -3.41. The fraction of sp³-hybridized carbons (Fsp3) is 0.500. The van der Waals surface area contributed by atoms with Crippen LogP contribution in [0, 0.1) is 5.92 Å². The van der Waals surface area contributed by atoms with E-state index in [4.69, 9.17) is 5.11 Å². The molecule has 1 aromatic rings. The molecule has 9 heteroatoms. The van der Waals surface area contributed by atoms with E-state index >= 15 is 0 Å². The quantitative estimate of drug-likeness (QED) is 0.621. The van der Waals surface area contributed by atoms with E-state index in [2.05, 4.69) is 15.0 Å². The maximum Gasteiger partial charge on any atom is 0.354 e. The topological polar surface area (TPSA) is 125 Å². The van der Waals surface area contributed by atoms with Gasteiger partial charge < -0.3 is 10.4 Å². The summed E-state index contributed by atoms with van der Waals surface area (Å²) in [5, 5.41) is 11.2. The van der Waals surface area contributed by atoms with Gasteiger partial charge >= 0.3 is 5.97 Å². The fourth-order valence-corrected chi connectivity index (χ4v) is 3.07. The molecule has 126 valence electrons. The number of hydrogen-bond donors (Lipinski definition) is 3. The standard InChI is InChI=1S/C14H19N3O5S/c18-13(11-4-5-12(14(19)20)16-9-11)15-6-7-23(21,22)17-8-10-2-1-3-10/h4-5,9-10,17H,1-3,6-8H2,(H,15,18)(H,19,20). The lowest BCUT2D eigenvalue weighted by atomic mass is 9.86. The van der Waals surface area contributed by atoms with Crippen LogP contribution in [0.15, 0.2) is 18.3 Å². The summed E-state index contributed by atoms with van der Waals surface area (Å²) in [5.74, 6) is -1.45. The van der Waals surface area contributed by atoms with Gasteiger partial charge in [0.25, 0.3) is 5.91 Å². The summed E-state index contributed by atoms with van der Waals surface area (Å²) in [7, 11) is -3.41. The van der Waals surface area contributed by atoms with E-state index in [1.807, 2.05) is 0 Å². The molecule has 0 saturated heterocycles. The Morgan fingerprint density at radius 1 is 1.30 bits per heavy atom. The molecule has 0 aliphatic heterocycles. The molecule has 1 heterocycles. The molecule has 1 aromatic heterocycles. The Hall–Kier alpha value is -2.00. The van der Waals surface area contributed by atoms with Gasteiger partial charge in [-0.1, -0.05) is 6.42 Å². The van der Waals surface area contributed by atoms with Crippen molar-refractivity contribution in [1.82, 2.24) is 15.0 Å². The van der Waals surface area contributed by atoms with Gasteiger partial charge in [-0.05, 0) is 30.9 Å². The van der Waals surface area contributed by atoms with E-state index in [-0.39, 0.29) is 23.6 Å². The highest BCUT2D eigenvalue weighted by Crippen LogP contribution is 2.25. The average molecular weight is 341 g/mol. The van der Waals surface area contributed by atoms with Gasteiger partial charge in [0, 0.05) is 19.3 Å². The van der Waals surface area contributed by atoms with Crippen molar-refractivity contribution in [2.45, 2.75) is 19.3 Å². The summed E-state index contributed by atoms with van der Waals surface area (Å²) >= 11 is 0. The fourth-order valence-electron chi connectivity index (χ4n) is 2.07. The van der Waals surface area contributed by atoms with Gasteiger partial charge in [-0.2, -0.15) is 0 Å². The van der Waals surface area contributed by atoms with E-state index in [0.29, 0.717) is 12.5 Å². The molecule has 3 N–H and O–H groups in total.